The largest absolute Gasteiger partial charge is 0.351 e. The molecule has 1 aliphatic heterocycles. The van der Waals surface area contributed by atoms with Crippen molar-refractivity contribution in [3.8, 4) is 6.07 Å². The van der Waals surface area contributed by atoms with Crippen molar-refractivity contribution in [1.29, 1.82) is 5.26 Å². The molecule has 3 N–H and O–H groups in total. The van der Waals surface area contributed by atoms with E-state index >= 15 is 0 Å². The summed E-state index contributed by atoms with van der Waals surface area (Å²) in [6, 6.07) is 12.6. The molecule has 0 amide bonds. The maximum atomic E-state index is 9.90. The van der Waals surface area contributed by atoms with Crippen LogP contribution in [0.25, 0.3) is 5.57 Å². The molecule has 4 rings (SSSR count). The Morgan fingerprint density at radius 1 is 1.21 bits per heavy atom. The molecule has 0 atom stereocenters. The van der Waals surface area contributed by atoms with E-state index in [2.05, 4.69) is 32.0 Å². The first-order chi connectivity index (χ1) is 14.2. The minimum absolute atomic E-state index is 0.418. The van der Waals surface area contributed by atoms with Crippen LogP contribution in [0.1, 0.15) is 36.9 Å². The number of nitriles is 1. The number of aryl methyl sites for hydroxylation is 1. The zero-order valence-electron chi connectivity index (χ0n) is 16.4. The molecule has 2 heterocycles. The molecule has 0 spiro atoms. The van der Waals surface area contributed by atoms with Crippen molar-refractivity contribution < 1.29 is 0 Å². The molecule has 146 valence electrons. The molecule has 0 radical (unpaired) electrons. The Labute approximate surface area is 171 Å². The van der Waals surface area contributed by atoms with Gasteiger partial charge in [-0.05, 0) is 49.6 Å². The van der Waals surface area contributed by atoms with E-state index < -0.39 is 0 Å². The van der Waals surface area contributed by atoms with Gasteiger partial charge in [0, 0.05) is 17.9 Å². The van der Waals surface area contributed by atoms with Crippen LogP contribution in [0, 0.1) is 18.3 Å². The van der Waals surface area contributed by atoms with Gasteiger partial charge in [-0.1, -0.05) is 37.1 Å². The Hall–Kier alpha value is -3.59. The molecule has 0 unspecified atom stereocenters. The number of allylic oxidation sites excluding steroid dienone is 4. The number of anilines is 2. The van der Waals surface area contributed by atoms with Gasteiger partial charge in [-0.25, -0.2) is 9.97 Å². The highest BCUT2D eigenvalue weighted by Gasteiger charge is 2.19. The van der Waals surface area contributed by atoms with E-state index in [1.807, 2.05) is 55.5 Å². The predicted molar refractivity (Wildman–Crippen MR) is 116 cm³/mol. The fourth-order valence-corrected chi connectivity index (χ4v) is 3.62. The predicted octanol–water partition coefficient (Wildman–Crippen LogP) is 4.49. The second-order valence-corrected chi connectivity index (χ2v) is 7.31. The molecule has 1 saturated carbocycles. The van der Waals surface area contributed by atoms with E-state index in [1.54, 1.807) is 6.20 Å². The van der Waals surface area contributed by atoms with Crippen LogP contribution < -0.4 is 16.0 Å². The molecule has 1 aromatic heterocycles. The quantitative estimate of drug-likeness (QED) is 0.659. The fraction of sp³-hybridized carbons (Fsp3) is 0.261. The molecule has 6 heteroatoms. The molecular formula is C23H24N6. The number of dihydropyridines is 1. The number of benzene rings is 1. The van der Waals surface area contributed by atoms with Crippen molar-refractivity contribution in [3.05, 3.63) is 77.5 Å². The Morgan fingerprint density at radius 2 is 2.00 bits per heavy atom. The smallest absolute Gasteiger partial charge is 0.223 e. The SMILES string of the molecule is Cc1cnc(NC2CCCC2)nc1C(C#N)=C1C=CC=C(Nc2ccccc2)N1. The minimum Gasteiger partial charge on any atom is -0.351 e. The van der Waals surface area contributed by atoms with Gasteiger partial charge in [0.2, 0.25) is 5.95 Å². The first-order valence-corrected chi connectivity index (χ1v) is 9.95. The summed E-state index contributed by atoms with van der Waals surface area (Å²) < 4.78 is 0. The second kappa shape index (κ2) is 8.61. The highest BCUT2D eigenvalue weighted by Crippen LogP contribution is 2.25. The molecule has 2 aliphatic rings. The zero-order chi connectivity index (χ0) is 20.1. The zero-order valence-corrected chi connectivity index (χ0v) is 16.4. The number of rotatable bonds is 5. The normalized spacial score (nSPS) is 17.9. The number of hydrogen-bond donors (Lipinski definition) is 3. The number of para-hydroxylation sites is 1. The Bertz CT molecular complexity index is 1010. The summed E-state index contributed by atoms with van der Waals surface area (Å²) in [5.74, 6) is 1.39. The van der Waals surface area contributed by atoms with Crippen molar-refractivity contribution >= 4 is 17.2 Å². The lowest BCUT2D eigenvalue weighted by Gasteiger charge is -2.19. The first-order valence-electron chi connectivity index (χ1n) is 9.95. The van der Waals surface area contributed by atoms with E-state index in [1.165, 1.54) is 12.8 Å². The molecule has 1 fully saturated rings. The van der Waals surface area contributed by atoms with E-state index in [-0.39, 0.29) is 0 Å². The molecule has 29 heavy (non-hydrogen) atoms. The second-order valence-electron chi connectivity index (χ2n) is 7.31. The van der Waals surface area contributed by atoms with Crippen molar-refractivity contribution in [1.82, 2.24) is 15.3 Å². The van der Waals surface area contributed by atoms with E-state index in [0.717, 1.165) is 29.9 Å². The van der Waals surface area contributed by atoms with Crippen molar-refractivity contribution in [2.45, 2.75) is 38.6 Å². The highest BCUT2D eigenvalue weighted by molar-refractivity contribution is 5.81. The lowest BCUT2D eigenvalue weighted by atomic mass is 10.1. The summed E-state index contributed by atoms with van der Waals surface area (Å²) in [7, 11) is 0. The van der Waals surface area contributed by atoms with Gasteiger partial charge in [-0.3, -0.25) is 0 Å². The molecule has 2 aromatic rings. The third kappa shape index (κ3) is 4.46. The van der Waals surface area contributed by atoms with Gasteiger partial charge in [0.05, 0.1) is 11.4 Å². The summed E-state index contributed by atoms with van der Waals surface area (Å²) in [5, 5.41) is 20.0. The van der Waals surface area contributed by atoms with Gasteiger partial charge >= 0.3 is 0 Å². The molecule has 1 aromatic carbocycles. The average Bonchev–Trinajstić information content (AvgIpc) is 3.25. The topological polar surface area (TPSA) is 85.7 Å². The summed E-state index contributed by atoms with van der Waals surface area (Å²) >= 11 is 0. The maximum absolute atomic E-state index is 9.90. The Morgan fingerprint density at radius 3 is 2.76 bits per heavy atom. The molecule has 0 saturated heterocycles. The van der Waals surface area contributed by atoms with Crippen LogP contribution in [-0.4, -0.2) is 16.0 Å². The van der Waals surface area contributed by atoms with Gasteiger partial charge in [0.1, 0.15) is 17.5 Å². The van der Waals surface area contributed by atoms with Crippen LogP contribution in [0.15, 0.2) is 66.3 Å². The van der Waals surface area contributed by atoms with Crippen LogP contribution >= 0.6 is 0 Å². The summed E-state index contributed by atoms with van der Waals surface area (Å²) in [4.78, 5) is 9.09. The van der Waals surface area contributed by atoms with Gasteiger partial charge in [-0.15, -0.1) is 0 Å². The van der Waals surface area contributed by atoms with Crippen LogP contribution in [0.3, 0.4) is 0 Å². The van der Waals surface area contributed by atoms with Crippen molar-refractivity contribution in [3.63, 3.8) is 0 Å². The van der Waals surface area contributed by atoms with Crippen molar-refractivity contribution in [2.75, 3.05) is 10.6 Å². The molecular weight excluding hydrogens is 360 g/mol. The molecule has 6 nitrogen and oxygen atoms in total. The standard InChI is InChI=1S/C23H24N6/c1-16-15-25-23(27-18-10-5-6-11-18)29-22(16)19(14-24)20-12-7-13-21(28-20)26-17-8-3-2-4-9-17/h2-4,7-9,12-13,15,18,26,28H,5-6,10-11H2,1H3,(H,25,27,29). The van der Waals surface area contributed by atoms with Crippen LogP contribution in [-0.2, 0) is 0 Å². The Kier molecular flexibility index (Phi) is 5.57. The molecule has 0 bridgehead atoms. The lowest BCUT2D eigenvalue weighted by molar-refractivity contribution is 0.743. The number of nitrogens with one attached hydrogen (secondary N) is 3. The van der Waals surface area contributed by atoms with E-state index in [9.17, 15) is 5.26 Å². The maximum Gasteiger partial charge on any atom is 0.223 e. The van der Waals surface area contributed by atoms with Crippen LogP contribution in [0.2, 0.25) is 0 Å². The monoisotopic (exact) mass is 384 g/mol. The third-order valence-corrected chi connectivity index (χ3v) is 5.13. The van der Waals surface area contributed by atoms with Gasteiger partial charge < -0.3 is 16.0 Å². The van der Waals surface area contributed by atoms with Crippen LogP contribution in [0.4, 0.5) is 11.6 Å². The molecule has 1 aliphatic carbocycles. The Balaban J connectivity index is 1.59. The number of hydrogen-bond acceptors (Lipinski definition) is 6. The van der Waals surface area contributed by atoms with Gasteiger partial charge in [0.25, 0.3) is 0 Å². The minimum atomic E-state index is 0.418. The average molecular weight is 384 g/mol. The van der Waals surface area contributed by atoms with E-state index in [0.29, 0.717) is 29.0 Å². The number of nitrogens with zero attached hydrogens (tertiary/aromatic N) is 3. The first kappa shape index (κ1) is 18.8. The van der Waals surface area contributed by atoms with Crippen LogP contribution in [0.5, 0.6) is 0 Å². The summed E-state index contributed by atoms with van der Waals surface area (Å²) in [5.41, 5.74) is 3.70. The highest BCUT2D eigenvalue weighted by atomic mass is 15.1. The number of aromatic nitrogens is 2. The lowest BCUT2D eigenvalue weighted by Crippen LogP contribution is -2.22. The summed E-state index contributed by atoms with van der Waals surface area (Å²) in [6.45, 7) is 1.93. The van der Waals surface area contributed by atoms with Gasteiger partial charge in [-0.2, -0.15) is 5.26 Å². The van der Waals surface area contributed by atoms with Crippen molar-refractivity contribution in [2.24, 2.45) is 0 Å². The van der Waals surface area contributed by atoms with E-state index in [4.69, 9.17) is 0 Å². The van der Waals surface area contributed by atoms with Gasteiger partial charge in [0.15, 0.2) is 0 Å². The fourth-order valence-electron chi connectivity index (χ4n) is 3.62. The summed E-state index contributed by atoms with van der Waals surface area (Å²) in [6.07, 6.45) is 12.3. The third-order valence-electron chi connectivity index (χ3n) is 5.13.